The zero-order chi connectivity index (χ0) is 9.71. The molecule has 14 heavy (non-hydrogen) atoms. The molecule has 0 bridgehead atoms. The van der Waals surface area contributed by atoms with E-state index in [9.17, 15) is 4.79 Å². The van der Waals surface area contributed by atoms with Gasteiger partial charge in [-0.2, -0.15) is 0 Å². The van der Waals surface area contributed by atoms with Crippen molar-refractivity contribution in [1.82, 2.24) is 0 Å². The number of carbonyl (C=O) groups is 1. The van der Waals surface area contributed by atoms with Crippen molar-refractivity contribution in [2.24, 2.45) is 11.8 Å². The molecule has 0 spiro atoms. The summed E-state index contributed by atoms with van der Waals surface area (Å²) in [5.41, 5.74) is 0.826. The number of hydrogen-bond donors (Lipinski definition) is 0. The molecule has 2 aliphatic carbocycles. The van der Waals surface area contributed by atoms with Gasteiger partial charge in [0, 0.05) is 5.56 Å². The van der Waals surface area contributed by atoms with E-state index < -0.39 is 0 Å². The molecular weight excluding hydrogens is 172 g/mol. The first-order valence-electron chi connectivity index (χ1n) is 5.09. The number of carbonyl (C=O) groups excluding carboxylic acids is 1. The van der Waals surface area contributed by atoms with Crippen LogP contribution in [0.25, 0.3) is 12.2 Å². The van der Waals surface area contributed by atoms with Crippen LogP contribution in [-0.4, -0.2) is 5.78 Å². The first kappa shape index (κ1) is 7.98. The third-order valence-corrected chi connectivity index (χ3v) is 3.17. The lowest BCUT2D eigenvalue weighted by Gasteiger charge is -2.00. The van der Waals surface area contributed by atoms with Crippen LogP contribution in [0, 0.1) is 11.8 Å². The third-order valence-electron chi connectivity index (χ3n) is 3.17. The van der Waals surface area contributed by atoms with Gasteiger partial charge < -0.3 is 0 Å². The molecule has 1 nitrogen and oxygen atoms in total. The summed E-state index contributed by atoms with van der Waals surface area (Å²) in [4.78, 5) is 11.2. The smallest absolute Gasteiger partial charge is 0.159 e. The lowest BCUT2D eigenvalue weighted by Crippen LogP contribution is -2.27. The van der Waals surface area contributed by atoms with E-state index in [1.807, 2.05) is 12.1 Å². The van der Waals surface area contributed by atoms with E-state index in [1.54, 1.807) is 6.92 Å². The molecule has 70 valence electrons. The van der Waals surface area contributed by atoms with E-state index >= 15 is 0 Å². The number of hydrogen-bond acceptors (Lipinski definition) is 1. The number of ketones is 1. The average molecular weight is 184 g/mol. The molecule has 0 heterocycles. The van der Waals surface area contributed by atoms with Gasteiger partial charge in [0.05, 0.1) is 0 Å². The molecule has 1 aromatic rings. The number of fused-ring (bicyclic) bond motifs is 2. The third kappa shape index (κ3) is 1.12. The first-order valence-corrected chi connectivity index (χ1v) is 5.09. The Bertz CT molecular complexity index is 525. The number of benzene rings is 1. The lowest BCUT2D eigenvalue weighted by atomic mass is 10.0. The highest BCUT2D eigenvalue weighted by atomic mass is 16.1. The van der Waals surface area contributed by atoms with Crippen molar-refractivity contribution in [3.8, 4) is 0 Å². The maximum absolute atomic E-state index is 11.2. The molecule has 0 aromatic heterocycles. The molecule has 1 fully saturated rings. The van der Waals surface area contributed by atoms with Crippen LogP contribution in [-0.2, 0) is 0 Å². The van der Waals surface area contributed by atoms with E-state index in [4.69, 9.17) is 0 Å². The summed E-state index contributed by atoms with van der Waals surface area (Å²) in [5.74, 6) is 1.69. The van der Waals surface area contributed by atoms with Crippen LogP contribution >= 0.6 is 0 Å². The normalized spacial score (nSPS) is 26.6. The summed E-state index contributed by atoms with van der Waals surface area (Å²) in [6.07, 6.45) is 5.94. The fourth-order valence-corrected chi connectivity index (χ4v) is 2.17. The van der Waals surface area contributed by atoms with Crippen LogP contribution in [0.5, 0.6) is 0 Å². The summed E-state index contributed by atoms with van der Waals surface area (Å²) >= 11 is 0. The van der Waals surface area contributed by atoms with Gasteiger partial charge in [0.15, 0.2) is 5.78 Å². The Morgan fingerprint density at radius 2 is 1.93 bits per heavy atom. The van der Waals surface area contributed by atoms with Gasteiger partial charge in [-0.25, -0.2) is 0 Å². The second kappa shape index (κ2) is 2.57. The summed E-state index contributed by atoms with van der Waals surface area (Å²) in [5, 5.41) is 2.55. The zero-order valence-corrected chi connectivity index (χ0v) is 8.16. The Balaban J connectivity index is 2.25. The molecular formula is C13H12O. The Hall–Kier alpha value is -1.37. The van der Waals surface area contributed by atoms with Gasteiger partial charge >= 0.3 is 0 Å². The largest absolute Gasteiger partial charge is 0.295 e. The first-order chi connectivity index (χ1) is 6.74. The molecule has 0 amide bonds. The predicted octanol–water partition coefficient (Wildman–Crippen LogP) is 1.10. The molecule has 0 N–H and O–H groups in total. The van der Waals surface area contributed by atoms with Crippen molar-refractivity contribution in [3.05, 3.63) is 34.2 Å². The molecule has 1 aromatic carbocycles. The lowest BCUT2D eigenvalue weighted by molar-refractivity contribution is 0.101. The fraction of sp³-hybridized carbons (Fsp3) is 0.308. The van der Waals surface area contributed by atoms with Crippen LogP contribution in [0.3, 0.4) is 0 Å². The van der Waals surface area contributed by atoms with Crippen molar-refractivity contribution >= 4 is 17.9 Å². The standard InChI is InChI=1S/C13H12O/c1-8(14)9-2-3-10-5-12-7-13(12)6-11(10)4-9/h2-6,12-13H,7H2,1H3. The van der Waals surface area contributed by atoms with Gasteiger partial charge in [-0.1, -0.05) is 24.3 Å². The van der Waals surface area contributed by atoms with E-state index in [0.717, 1.165) is 17.4 Å². The quantitative estimate of drug-likeness (QED) is 0.597. The van der Waals surface area contributed by atoms with Crippen molar-refractivity contribution in [1.29, 1.82) is 0 Å². The molecule has 2 atom stereocenters. The van der Waals surface area contributed by atoms with Gasteiger partial charge in [-0.15, -0.1) is 0 Å². The van der Waals surface area contributed by atoms with E-state index in [1.165, 1.54) is 16.9 Å². The highest BCUT2D eigenvalue weighted by molar-refractivity contribution is 5.94. The minimum absolute atomic E-state index is 0.152. The highest BCUT2D eigenvalue weighted by Crippen LogP contribution is 2.41. The second-order valence-corrected chi connectivity index (χ2v) is 4.30. The van der Waals surface area contributed by atoms with E-state index in [-0.39, 0.29) is 5.78 Å². The van der Waals surface area contributed by atoms with Crippen LogP contribution in [0.15, 0.2) is 18.2 Å². The monoisotopic (exact) mass is 184 g/mol. The molecule has 2 aliphatic rings. The topological polar surface area (TPSA) is 17.1 Å². The SMILES string of the molecule is CC(=O)c1ccc2c(c1)=CC1CC1C=2. The van der Waals surface area contributed by atoms with Gasteiger partial charge in [0.1, 0.15) is 0 Å². The van der Waals surface area contributed by atoms with Gasteiger partial charge in [-0.3, -0.25) is 4.79 Å². The zero-order valence-electron chi connectivity index (χ0n) is 8.16. The van der Waals surface area contributed by atoms with Crippen LogP contribution in [0.4, 0.5) is 0 Å². The number of Topliss-reactive ketones (excluding diaryl/α,β-unsaturated/α-hetero) is 1. The van der Waals surface area contributed by atoms with E-state index in [2.05, 4.69) is 18.2 Å². The van der Waals surface area contributed by atoms with E-state index in [0.29, 0.717) is 0 Å². The summed E-state index contributed by atoms with van der Waals surface area (Å²) in [6, 6.07) is 6.01. The molecule has 2 unspecified atom stereocenters. The van der Waals surface area contributed by atoms with Crippen molar-refractivity contribution in [3.63, 3.8) is 0 Å². The van der Waals surface area contributed by atoms with Gasteiger partial charge in [0.25, 0.3) is 0 Å². The second-order valence-electron chi connectivity index (χ2n) is 4.30. The molecule has 0 radical (unpaired) electrons. The predicted molar refractivity (Wildman–Crippen MR) is 56.2 cm³/mol. The Kier molecular flexibility index (Phi) is 1.46. The van der Waals surface area contributed by atoms with Crippen molar-refractivity contribution < 1.29 is 4.79 Å². The number of rotatable bonds is 1. The van der Waals surface area contributed by atoms with Crippen molar-refractivity contribution in [2.75, 3.05) is 0 Å². The molecule has 0 saturated heterocycles. The van der Waals surface area contributed by atoms with Crippen LogP contribution < -0.4 is 10.4 Å². The maximum atomic E-state index is 11.2. The summed E-state index contributed by atoms with van der Waals surface area (Å²) < 4.78 is 0. The van der Waals surface area contributed by atoms with Gasteiger partial charge in [-0.05, 0) is 41.7 Å². The van der Waals surface area contributed by atoms with Gasteiger partial charge in [0.2, 0.25) is 0 Å². The minimum atomic E-state index is 0.152. The summed E-state index contributed by atoms with van der Waals surface area (Å²) in [6.45, 7) is 1.62. The average Bonchev–Trinajstić information content (AvgIpc) is 2.90. The maximum Gasteiger partial charge on any atom is 0.159 e. The molecule has 3 rings (SSSR count). The molecule has 0 aliphatic heterocycles. The Morgan fingerprint density at radius 3 is 2.64 bits per heavy atom. The fourth-order valence-electron chi connectivity index (χ4n) is 2.17. The van der Waals surface area contributed by atoms with Crippen molar-refractivity contribution in [2.45, 2.75) is 13.3 Å². The highest BCUT2D eigenvalue weighted by Gasteiger charge is 2.34. The Morgan fingerprint density at radius 1 is 1.21 bits per heavy atom. The Labute approximate surface area is 82.8 Å². The minimum Gasteiger partial charge on any atom is -0.295 e. The van der Waals surface area contributed by atoms with Crippen LogP contribution in [0.2, 0.25) is 0 Å². The van der Waals surface area contributed by atoms with Crippen LogP contribution in [0.1, 0.15) is 23.7 Å². The molecule has 1 heteroatoms. The summed E-state index contributed by atoms with van der Waals surface area (Å²) in [7, 11) is 0. The molecule has 1 saturated carbocycles.